The normalized spacial score (nSPS) is 11.0. The van der Waals surface area contributed by atoms with Crippen molar-refractivity contribution in [2.75, 3.05) is 0 Å². The van der Waals surface area contributed by atoms with Crippen LogP contribution in [0.5, 0.6) is 0 Å². The zero-order chi connectivity index (χ0) is 19.5. The van der Waals surface area contributed by atoms with Gasteiger partial charge in [-0.1, -0.05) is 66.7 Å². The molecule has 0 fully saturated rings. The molecule has 1 aliphatic rings. The van der Waals surface area contributed by atoms with Crippen molar-refractivity contribution in [3.05, 3.63) is 101 Å². The molecule has 0 saturated heterocycles. The van der Waals surface area contributed by atoms with Gasteiger partial charge in [0.1, 0.15) is 24.3 Å². The van der Waals surface area contributed by atoms with Crippen LogP contribution in [0.1, 0.15) is 27.0 Å². The first-order valence-electron chi connectivity index (χ1n) is 8.73. The van der Waals surface area contributed by atoms with Gasteiger partial charge in [-0.25, -0.2) is 4.79 Å². The second kappa shape index (κ2) is 7.23. The second-order valence-corrected chi connectivity index (χ2v) is 6.31. The molecule has 4 rings (SSSR count). The Hall–Kier alpha value is -4.15. The number of rotatable bonds is 3. The molecule has 28 heavy (non-hydrogen) atoms. The number of hydrogen-bond acceptors (Lipinski definition) is 4. The molecule has 132 valence electrons. The lowest BCUT2D eigenvalue weighted by Crippen LogP contribution is -2.07. The van der Waals surface area contributed by atoms with E-state index in [0.717, 1.165) is 16.7 Å². The Bertz CT molecular complexity index is 1180. The van der Waals surface area contributed by atoms with Crippen LogP contribution < -0.4 is 0 Å². The number of fused-ring (bicyclic) bond motifs is 3. The number of carbonyl (C=O) groups excluding carboxylic acids is 1. The first kappa shape index (κ1) is 17.3. The first-order valence-corrected chi connectivity index (χ1v) is 8.73. The van der Waals surface area contributed by atoms with Crippen LogP contribution in [0, 0.1) is 22.7 Å². The number of carbonyl (C=O) groups is 1. The van der Waals surface area contributed by atoms with Crippen molar-refractivity contribution in [2.24, 2.45) is 0 Å². The molecule has 4 heteroatoms. The Morgan fingerprint density at radius 3 is 2.14 bits per heavy atom. The highest BCUT2D eigenvalue weighted by Gasteiger charge is 2.30. The molecule has 0 saturated carbocycles. The van der Waals surface area contributed by atoms with E-state index in [1.807, 2.05) is 72.8 Å². The predicted molar refractivity (Wildman–Crippen MR) is 105 cm³/mol. The molecule has 4 nitrogen and oxygen atoms in total. The molecule has 0 amide bonds. The molecule has 0 atom stereocenters. The van der Waals surface area contributed by atoms with E-state index in [4.69, 9.17) is 4.74 Å². The summed E-state index contributed by atoms with van der Waals surface area (Å²) in [5, 5.41) is 18.8. The van der Waals surface area contributed by atoms with Crippen LogP contribution >= 0.6 is 0 Å². The Balaban J connectivity index is 1.81. The van der Waals surface area contributed by atoms with E-state index in [1.54, 1.807) is 12.1 Å². The van der Waals surface area contributed by atoms with Crippen molar-refractivity contribution >= 4 is 11.5 Å². The second-order valence-electron chi connectivity index (χ2n) is 6.31. The summed E-state index contributed by atoms with van der Waals surface area (Å²) in [6.45, 7) is 0.176. The zero-order valence-electron chi connectivity index (χ0n) is 14.8. The molecule has 0 aliphatic heterocycles. The molecule has 0 aromatic heterocycles. The maximum absolute atomic E-state index is 12.8. The van der Waals surface area contributed by atoms with Crippen LogP contribution in [-0.2, 0) is 11.3 Å². The quantitative estimate of drug-likeness (QED) is 0.385. The van der Waals surface area contributed by atoms with Gasteiger partial charge in [-0.15, -0.1) is 0 Å². The third-order valence-electron chi connectivity index (χ3n) is 4.71. The van der Waals surface area contributed by atoms with Gasteiger partial charge in [0.2, 0.25) is 0 Å². The largest absolute Gasteiger partial charge is 0.457 e. The smallest absolute Gasteiger partial charge is 0.339 e. The van der Waals surface area contributed by atoms with Crippen molar-refractivity contribution in [3.63, 3.8) is 0 Å². The molecule has 0 heterocycles. The van der Waals surface area contributed by atoms with E-state index < -0.39 is 5.97 Å². The summed E-state index contributed by atoms with van der Waals surface area (Å²) >= 11 is 0. The van der Waals surface area contributed by atoms with Gasteiger partial charge in [-0.3, -0.25) is 0 Å². The highest BCUT2D eigenvalue weighted by Crippen LogP contribution is 2.47. The van der Waals surface area contributed by atoms with Crippen molar-refractivity contribution in [3.8, 4) is 23.3 Å². The highest BCUT2D eigenvalue weighted by atomic mass is 16.5. The fourth-order valence-electron chi connectivity index (χ4n) is 3.49. The van der Waals surface area contributed by atoms with Gasteiger partial charge < -0.3 is 4.74 Å². The summed E-state index contributed by atoms with van der Waals surface area (Å²) in [7, 11) is 0. The fourth-order valence-corrected chi connectivity index (χ4v) is 3.49. The van der Waals surface area contributed by atoms with Crippen molar-refractivity contribution in [1.82, 2.24) is 0 Å². The molecule has 0 spiro atoms. The average Bonchev–Trinajstić information content (AvgIpc) is 3.08. The first-order chi connectivity index (χ1) is 13.7. The Morgan fingerprint density at radius 1 is 0.786 bits per heavy atom. The van der Waals surface area contributed by atoms with E-state index in [0.29, 0.717) is 22.3 Å². The van der Waals surface area contributed by atoms with Crippen molar-refractivity contribution in [2.45, 2.75) is 6.61 Å². The van der Waals surface area contributed by atoms with Gasteiger partial charge in [-0.2, -0.15) is 10.5 Å². The topological polar surface area (TPSA) is 73.9 Å². The van der Waals surface area contributed by atoms with Gasteiger partial charge in [-0.05, 0) is 28.3 Å². The van der Waals surface area contributed by atoms with E-state index >= 15 is 0 Å². The zero-order valence-corrected chi connectivity index (χ0v) is 14.8. The van der Waals surface area contributed by atoms with E-state index in [1.165, 1.54) is 0 Å². The monoisotopic (exact) mass is 362 g/mol. The van der Waals surface area contributed by atoms with Crippen LogP contribution in [0.25, 0.3) is 16.7 Å². The number of allylic oxidation sites excluding steroid dienone is 1. The summed E-state index contributed by atoms with van der Waals surface area (Å²) in [5.41, 5.74) is 4.92. The van der Waals surface area contributed by atoms with Gasteiger partial charge in [0, 0.05) is 11.1 Å². The van der Waals surface area contributed by atoms with Gasteiger partial charge in [0.25, 0.3) is 0 Å². The van der Waals surface area contributed by atoms with Crippen molar-refractivity contribution < 1.29 is 9.53 Å². The Labute approximate surface area is 162 Å². The summed E-state index contributed by atoms with van der Waals surface area (Å²) in [5.74, 6) is -0.438. The molecular formula is C24H14N2O2. The van der Waals surface area contributed by atoms with E-state index in [2.05, 4.69) is 0 Å². The summed E-state index contributed by atoms with van der Waals surface area (Å²) in [6.07, 6.45) is 0. The molecule has 0 unspecified atom stereocenters. The van der Waals surface area contributed by atoms with Gasteiger partial charge in [0.15, 0.2) is 0 Å². The minimum Gasteiger partial charge on any atom is -0.457 e. The van der Waals surface area contributed by atoms with Gasteiger partial charge >= 0.3 is 5.97 Å². The summed E-state index contributed by atoms with van der Waals surface area (Å²) < 4.78 is 5.52. The third-order valence-corrected chi connectivity index (χ3v) is 4.71. The molecule has 0 N–H and O–H groups in total. The molecule has 3 aromatic rings. The minimum absolute atomic E-state index is 0.0287. The third kappa shape index (κ3) is 2.84. The summed E-state index contributed by atoms with van der Waals surface area (Å²) in [6, 6.07) is 26.2. The average molecular weight is 362 g/mol. The van der Waals surface area contributed by atoms with Crippen LogP contribution in [-0.4, -0.2) is 5.97 Å². The lowest BCUT2D eigenvalue weighted by atomic mass is 9.97. The van der Waals surface area contributed by atoms with Crippen molar-refractivity contribution in [1.29, 1.82) is 10.5 Å². The molecule has 0 bridgehead atoms. The molecule has 1 aliphatic carbocycles. The maximum Gasteiger partial charge on any atom is 0.339 e. The number of hydrogen-bond donors (Lipinski definition) is 0. The maximum atomic E-state index is 12.8. The standard InChI is InChI=1S/C24H14N2O2/c25-13-17(14-26)22-18-9-4-5-10-19(18)23-20(22)11-6-12-21(23)24(27)28-15-16-7-2-1-3-8-16/h1-12H,15H2. The number of esters is 1. The molecular weight excluding hydrogens is 348 g/mol. The van der Waals surface area contributed by atoms with Crippen LogP contribution in [0.4, 0.5) is 0 Å². The molecule has 0 radical (unpaired) electrons. The lowest BCUT2D eigenvalue weighted by molar-refractivity contribution is 0.0473. The Kier molecular flexibility index (Phi) is 4.46. The number of ether oxygens (including phenoxy) is 1. The van der Waals surface area contributed by atoms with Gasteiger partial charge in [0.05, 0.1) is 5.56 Å². The van der Waals surface area contributed by atoms with Crippen LogP contribution in [0.15, 0.2) is 78.4 Å². The fraction of sp³-hybridized carbons (Fsp3) is 0.0417. The van der Waals surface area contributed by atoms with E-state index in [-0.39, 0.29) is 12.2 Å². The predicted octanol–water partition coefficient (Wildman–Crippen LogP) is 4.87. The lowest BCUT2D eigenvalue weighted by Gasteiger charge is -2.10. The number of benzene rings is 3. The number of nitriles is 2. The Morgan fingerprint density at radius 2 is 1.43 bits per heavy atom. The van der Waals surface area contributed by atoms with Crippen LogP contribution in [0.2, 0.25) is 0 Å². The van der Waals surface area contributed by atoms with Crippen LogP contribution in [0.3, 0.4) is 0 Å². The SMILES string of the molecule is N#CC(C#N)=C1c2ccccc2-c2c(C(=O)OCc3ccccc3)cccc21. The minimum atomic E-state index is -0.438. The summed E-state index contributed by atoms with van der Waals surface area (Å²) in [4.78, 5) is 12.8. The molecule has 3 aromatic carbocycles. The highest BCUT2D eigenvalue weighted by molar-refractivity contribution is 6.10. The van der Waals surface area contributed by atoms with E-state index in [9.17, 15) is 15.3 Å². The number of nitrogens with zero attached hydrogens (tertiary/aromatic N) is 2.